The van der Waals surface area contributed by atoms with Crippen LogP contribution >= 0.6 is 0 Å². The van der Waals surface area contributed by atoms with E-state index in [9.17, 15) is 13.6 Å². The van der Waals surface area contributed by atoms with E-state index in [0.717, 1.165) is 42.9 Å². The highest BCUT2D eigenvalue weighted by molar-refractivity contribution is 5.86. The third-order valence-electron chi connectivity index (χ3n) is 4.24. The molecule has 1 aromatic carbocycles. The molecule has 1 atom stereocenters. The Morgan fingerprint density at radius 1 is 1.32 bits per heavy atom. The van der Waals surface area contributed by atoms with E-state index in [-0.39, 0.29) is 17.0 Å². The first-order valence-corrected chi connectivity index (χ1v) is 7.48. The van der Waals surface area contributed by atoms with Crippen LogP contribution in [-0.2, 0) is 6.54 Å². The Labute approximate surface area is 127 Å². The molecule has 2 N–H and O–H groups in total. The van der Waals surface area contributed by atoms with Crippen LogP contribution < -0.4 is 10.9 Å². The molecule has 1 aliphatic heterocycles. The predicted octanol–water partition coefficient (Wildman–Crippen LogP) is 2.29. The van der Waals surface area contributed by atoms with Crippen LogP contribution in [0.25, 0.3) is 10.8 Å². The van der Waals surface area contributed by atoms with E-state index in [1.807, 2.05) is 7.05 Å². The van der Waals surface area contributed by atoms with Crippen molar-refractivity contribution in [3.05, 3.63) is 45.4 Å². The summed E-state index contributed by atoms with van der Waals surface area (Å²) in [6, 6.07) is 2.09. The minimum Gasteiger partial charge on any atom is -0.324 e. The molecule has 1 aliphatic rings. The average molecular weight is 307 g/mol. The fourth-order valence-electron chi connectivity index (χ4n) is 3.27. The molecular weight excluding hydrogens is 288 g/mol. The fourth-order valence-corrected chi connectivity index (χ4v) is 3.27. The van der Waals surface area contributed by atoms with Gasteiger partial charge < -0.3 is 10.3 Å². The number of aromatic amines is 1. The number of halogens is 2. The van der Waals surface area contributed by atoms with Crippen molar-refractivity contribution in [2.45, 2.75) is 25.9 Å². The number of likely N-dealkylation sites (N-methyl/N-ethyl adjacent to an activating group) is 1. The third kappa shape index (κ3) is 2.42. The van der Waals surface area contributed by atoms with E-state index in [4.69, 9.17) is 0 Å². The van der Waals surface area contributed by atoms with Crippen molar-refractivity contribution < 1.29 is 8.78 Å². The van der Waals surface area contributed by atoms with Gasteiger partial charge >= 0.3 is 0 Å². The Hall–Kier alpha value is -1.79. The molecule has 0 amide bonds. The fraction of sp³-hybridized carbons (Fsp3) is 0.438. The second kappa shape index (κ2) is 5.78. The number of aromatic nitrogens is 1. The minimum absolute atomic E-state index is 0.0282. The SMILES string of the molecule is CCCN1Cc2[nH]c(=O)c3cc(F)c(F)cc3c2C(NC)C1. The van der Waals surface area contributed by atoms with Gasteiger partial charge in [-0.05, 0) is 43.1 Å². The van der Waals surface area contributed by atoms with Crippen molar-refractivity contribution in [1.82, 2.24) is 15.2 Å². The number of fused-ring (bicyclic) bond motifs is 3. The summed E-state index contributed by atoms with van der Waals surface area (Å²) in [7, 11) is 1.83. The Morgan fingerprint density at radius 2 is 2.00 bits per heavy atom. The Kier molecular flexibility index (Phi) is 3.97. The van der Waals surface area contributed by atoms with Crippen LogP contribution in [0, 0.1) is 11.6 Å². The topological polar surface area (TPSA) is 48.1 Å². The normalized spacial score (nSPS) is 18.6. The van der Waals surface area contributed by atoms with Gasteiger partial charge in [0.05, 0.1) is 5.39 Å². The minimum atomic E-state index is -0.998. The summed E-state index contributed by atoms with van der Waals surface area (Å²) in [4.78, 5) is 17.3. The number of pyridine rings is 1. The molecule has 22 heavy (non-hydrogen) atoms. The summed E-state index contributed by atoms with van der Waals surface area (Å²) in [5.74, 6) is -1.92. The maximum Gasteiger partial charge on any atom is 0.256 e. The summed E-state index contributed by atoms with van der Waals surface area (Å²) in [5, 5.41) is 3.90. The highest BCUT2D eigenvalue weighted by Gasteiger charge is 2.27. The molecule has 4 nitrogen and oxygen atoms in total. The molecule has 2 aromatic rings. The van der Waals surface area contributed by atoms with Gasteiger partial charge in [0, 0.05) is 24.8 Å². The molecule has 0 radical (unpaired) electrons. The monoisotopic (exact) mass is 307 g/mol. The van der Waals surface area contributed by atoms with Gasteiger partial charge in [-0.25, -0.2) is 8.78 Å². The van der Waals surface area contributed by atoms with Gasteiger partial charge in [-0.2, -0.15) is 0 Å². The summed E-state index contributed by atoms with van der Waals surface area (Å²) >= 11 is 0. The van der Waals surface area contributed by atoms with Gasteiger partial charge in [-0.3, -0.25) is 9.69 Å². The quantitative estimate of drug-likeness (QED) is 0.915. The van der Waals surface area contributed by atoms with Crippen LogP contribution in [0.15, 0.2) is 16.9 Å². The highest BCUT2D eigenvalue weighted by atomic mass is 19.2. The molecule has 0 saturated heterocycles. The van der Waals surface area contributed by atoms with Gasteiger partial charge in [0.2, 0.25) is 0 Å². The van der Waals surface area contributed by atoms with Crippen molar-refractivity contribution in [2.75, 3.05) is 20.1 Å². The summed E-state index contributed by atoms with van der Waals surface area (Å²) < 4.78 is 27.1. The Balaban J connectivity index is 2.25. The van der Waals surface area contributed by atoms with Crippen LogP contribution in [0.4, 0.5) is 8.78 Å². The molecule has 118 valence electrons. The number of hydrogen-bond donors (Lipinski definition) is 2. The van der Waals surface area contributed by atoms with Crippen molar-refractivity contribution >= 4 is 10.8 Å². The Morgan fingerprint density at radius 3 is 2.64 bits per heavy atom. The molecule has 3 rings (SSSR count). The average Bonchev–Trinajstić information content (AvgIpc) is 2.48. The maximum atomic E-state index is 13.7. The summed E-state index contributed by atoms with van der Waals surface area (Å²) in [6.45, 7) is 4.42. The lowest BCUT2D eigenvalue weighted by atomic mass is 9.93. The van der Waals surface area contributed by atoms with Crippen molar-refractivity contribution in [1.29, 1.82) is 0 Å². The summed E-state index contributed by atoms with van der Waals surface area (Å²) in [6.07, 6.45) is 1.02. The molecule has 0 bridgehead atoms. The number of rotatable bonds is 3. The number of benzene rings is 1. The molecular formula is C16H19F2N3O. The van der Waals surface area contributed by atoms with E-state index in [0.29, 0.717) is 11.9 Å². The van der Waals surface area contributed by atoms with Gasteiger partial charge in [0.1, 0.15) is 0 Å². The van der Waals surface area contributed by atoms with E-state index in [1.165, 1.54) is 0 Å². The van der Waals surface area contributed by atoms with Gasteiger partial charge in [-0.1, -0.05) is 6.92 Å². The lowest BCUT2D eigenvalue weighted by Crippen LogP contribution is -2.40. The van der Waals surface area contributed by atoms with Crippen LogP contribution in [0.1, 0.15) is 30.6 Å². The van der Waals surface area contributed by atoms with Gasteiger partial charge in [0.15, 0.2) is 11.6 Å². The number of hydrogen-bond acceptors (Lipinski definition) is 3. The molecule has 1 aromatic heterocycles. The van der Waals surface area contributed by atoms with Gasteiger partial charge in [0.25, 0.3) is 5.56 Å². The van der Waals surface area contributed by atoms with E-state index in [1.54, 1.807) is 0 Å². The van der Waals surface area contributed by atoms with Crippen LogP contribution in [-0.4, -0.2) is 30.0 Å². The smallest absolute Gasteiger partial charge is 0.256 e. The zero-order valence-corrected chi connectivity index (χ0v) is 12.7. The lowest BCUT2D eigenvalue weighted by molar-refractivity contribution is 0.217. The lowest BCUT2D eigenvalue weighted by Gasteiger charge is -2.34. The van der Waals surface area contributed by atoms with Crippen LogP contribution in [0.5, 0.6) is 0 Å². The largest absolute Gasteiger partial charge is 0.324 e. The molecule has 6 heteroatoms. The second-order valence-electron chi connectivity index (χ2n) is 5.73. The zero-order valence-electron chi connectivity index (χ0n) is 12.7. The molecule has 0 spiro atoms. The van der Waals surface area contributed by atoms with Crippen molar-refractivity contribution in [3.63, 3.8) is 0 Å². The first-order valence-electron chi connectivity index (χ1n) is 7.48. The maximum absolute atomic E-state index is 13.7. The molecule has 0 fully saturated rings. The molecule has 0 saturated carbocycles. The highest BCUT2D eigenvalue weighted by Crippen LogP contribution is 2.31. The van der Waals surface area contributed by atoms with Crippen LogP contribution in [0.3, 0.4) is 0 Å². The first kappa shape index (κ1) is 15.1. The van der Waals surface area contributed by atoms with Crippen molar-refractivity contribution in [2.24, 2.45) is 0 Å². The predicted molar refractivity (Wildman–Crippen MR) is 81.9 cm³/mol. The number of nitrogens with one attached hydrogen (secondary N) is 2. The van der Waals surface area contributed by atoms with E-state index < -0.39 is 11.6 Å². The van der Waals surface area contributed by atoms with Crippen molar-refractivity contribution in [3.8, 4) is 0 Å². The molecule has 0 aliphatic carbocycles. The second-order valence-corrected chi connectivity index (χ2v) is 5.73. The number of nitrogens with zero attached hydrogens (tertiary/aromatic N) is 1. The first-order chi connectivity index (χ1) is 10.5. The molecule has 1 unspecified atom stereocenters. The molecule has 2 heterocycles. The Bertz CT molecular complexity index is 772. The number of H-pyrrole nitrogens is 1. The van der Waals surface area contributed by atoms with Crippen LogP contribution in [0.2, 0.25) is 0 Å². The standard InChI is InChI=1S/C16H19F2N3O/c1-3-4-21-7-13(19-2)15-9-5-11(17)12(18)6-10(9)16(22)20-14(15)8-21/h5-6,13,19H,3-4,7-8H2,1-2H3,(H,20,22). The van der Waals surface area contributed by atoms with E-state index in [2.05, 4.69) is 22.1 Å². The summed E-state index contributed by atoms with van der Waals surface area (Å²) in [5.41, 5.74) is 1.27. The zero-order chi connectivity index (χ0) is 15.9. The third-order valence-corrected chi connectivity index (χ3v) is 4.24. The van der Waals surface area contributed by atoms with Gasteiger partial charge in [-0.15, -0.1) is 0 Å². The van der Waals surface area contributed by atoms with E-state index >= 15 is 0 Å².